The van der Waals surface area contributed by atoms with Gasteiger partial charge in [-0.2, -0.15) is 0 Å². The van der Waals surface area contributed by atoms with Crippen molar-refractivity contribution in [3.8, 4) is 5.75 Å². The first kappa shape index (κ1) is 15.7. The zero-order valence-electron chi connectivity index (χ0n) is 12.5. The lowest BCUT2D eigenvalue weighted by Crippen LogP contribution is -2.47. The van der Waals surface area contributed by atoms with Crippen LogP contribution in [0.3, 0.4) is 0 Å². The van der Waals surface area contributed by atoms with Gasteiger partial charge in [0.25, 0.3) is 0 Å². The Balaban J connectivity index is 0.00000144. The zero-order chi connectivity index (χ0) is 14.4. The monoisotopic (exact) mass is 335 g/mol. The van der Waals surface area contributed by atoms with Crippen molar-refractivity contribution in [1.82, 2.24) is 4.90 Å². The molecule has 0 spiro atoms. The van der Waals surface area contributed by atoms with Gasteiger partial charge in [-0.15, -0.1) is 12.4 Å². The number of para-hydroxylation sites is 1. The summed E-state index contributed by atoms with van der Waals surface area (Å²) < 4.78 is 6.50. The van der Waals surface area contributed by atoms with Gasteiger partial charge in [0.15, 0.2) is 0 Å². The summed E-state index contributed by atoms with van der Waals surface area (Å²) >= 11 is 6.05. The minimum atomic E-state index is -0.235. The number of benzene rings is 2. The van der Waals surface area contributed by atoms with Crippen LogP contribution >= 0.6 is 24.0 Å². The molecule has 2 heterocycles. The van der Waals surface area contributed by atoms with Crippen LogP contribution in [0.25, 0.3) is 0 Å². The molecule has 2 aliphatic heterocycles. The van der Waals surface area contributed by atoms with E-state index in [1.165, 1.54) is 11.1 Å². The minimum absolute atomic E-state index is 0. The molecule has 22 heavy (non-hydrogen) atoms. The molecule has 2 aromatic rings. The number of nitrogens with zero attached hydrogens (tertiary/aromatic N) is 1. The molecule has 0 radical (unpaired) electrons. The molecule has 2 atom stereocenters. The van der Waals surface area contributed by atoms with E-state index in [1.54, 1.807) is 0 Å². The molecular weight excluding hydrogens is 317 g/mol. The van der Waals surface area contributed by atoms with Crippen molar-refractivity contribution in [3.63, 3.8) is 0 Å². The van der Waals surface area contributed by atoms with E-state index >= 15 is 0 Å². The maximum Gasteiger partial charge on any atom is 0.143 e. The number of hydrogen-bond acceptors (Lipinski definition) is 2. The molecule has 0 amide bonds. The van der Waals surface area contributed by atoms with Crippen LogP contribution in [0.2, 0.25) is 5.02 Å². The topological polar surface area (TPSA) is 12.5 Å². The Labute approximate surface area is 142 Å². The Morgan fingerprint density at radius 3 is 2.64 bits per heavy atom. The van der Waals surface area contributed by atoms with Gasteiger partial charge in [0, 0.05) is 36.0 Å². The molecule has 0 bridgehead atoms. The SMILES string of the molecule is CN1CC[C@]2(c3ccc(Cl)cc3)Oc3ccccc3[C@@H]2C1.Cl. The number of likely N-dealkylation sites (tertiary alicyclic amines) is 1. The van der Waals surface area contributed by atoms with Crippen LogP contribution in [-0.4, -0.2) is 25.0 Å². The van der Waals surface area contributed by atoms with Crippen LogP contribution in [0.1, 0.15) is 23.5 Å². The van der Waals surface area contributed by atoms with Gasteiger partial charge >= 0.3 is 0 Å². The average Bonchev–Trinajstić information content (AvgIpc) is 2.83. The van der Waals surface area contributed by atoms with Crippen molar-refractivity contribution in [2.75, 3.05) is 20.1 Å². The molecule has 0 aromatic heterocycles. The molecule has 2 aliphatic rings. The molecule has 1 saturated heterocycles. The second-order valence-electron chi connectivity index (χ2n) is 6.10. The molecule has 116 valence electrons. The number of likely N-dealkylation sites (N-methyl/N-ethyl adjacent to an activating group) is 1. The fourth-order valence-corrected chi connectivity index (χ4v) is 3.87. The summed E-state index contributed by atoms with van der Waals surface area (Å²) in [7, 11) is 2.19. The predicted octanol–water partition coefficient (Wildman–Crippen LogP) is 4.47. The lowest BCUT2D eigenvalue weighted by molar-refractivity contribution is 0.00703. The maximum atomic E-state index is 6.50. The summed E-state index contributed by atoms with van der Waals surface area (Å²) in [5.74, 6) is 1.42. The number of fused-ring (bicyclic) bond motifs is 3. The van der Waals surface area contributed by atoms with Crippen LogP contribution in [0, 0.1) is 0 Å². The number of piperidine rings is 1. The van der Waals surface area contributed by atoms with Gasteiger partial charge in [0.1, 0.15) is 11.4 Å². The largest absolute Gasteiger partial charge is 0.482 e. The highest BCUT2D eigenvalue weighted by Crippen LogP contribution is 2.54. The van der Waals surface area contributed by atoms with Crippen LogP contribution in [0.4, 0.5) is 0 Å². The van der Waals surface area contributed by atoms with Crippen molar-refractivity contribution >= 4 is 24.0 Å². The number of rotatable bonds is 1. The third-order valence-electron chi connectivity index (χ3n) is 4.84. The van der Waals surface area contributed by atoms with E-state index in [0.29, 0.717) is 5.92 Å². The Bertz CT molecular complexity index is 673. The lowest BCUT2D eigenvalue weighted by Gasteiger charge is -2.42. The van der Waals surface area contributed by atoms with E-state index in [1.807, 2.05) is 12.1 Å². The van der Waals surface area contributed by atoms with Crippen LogP contribution in [0.15, 0.2) is 48.5 Å². The molecule has 1 fully saturated rings. The molecule has 4 heteroatoms. The number of ether oxygens (including phenoxy) is 1. The number of hydrogen-bond donors (Lipinski definition) is 0. The molecule has 4 rings (SSSR count). The fraction of sp³-hybridized carbons (Fsp3) is 0.333. The third kappa shape index (κ3) is 2.30. The normalized spacial score (nSPS) is 26.5. The van der Waals surface area contributed by atoms with E-state index in [9.17, 15) is 0 Å². The zero-order valence-corrected chi connectivity index (χ0v) is 14.0. The second kappa shape index (κ2) is 5.77. The van der Waals surface area contributed by atoms with Gasteiger partial charge in [-0.3, -0.25) is 0 Å². The molecular formula is C18H19Cl2NO. The predicted molar refractivity (Wildman–Crippen MR) is 92.3 cm³/mol. The molecule has 0 aliphatic carbocycles. The van der Waals surface area contributed by atoms with Crippen molar-refractivity contribution in [1.29, 1.82) is 0 Å². The fourth-order valence-electron chi connectivity index (χ4n) is 3.75. The van der Waals surface area contributed by atoms with Crippen molar-refractivity contribution in [2.45, 2.75) is 17.9 Å². The molecule has 0 N–H and O–H groups in total. The van der Waals surface area contributed by atoms with E-state index in [2.05, 4.69) is 48.3 Å². The average molecular weight is 336 g/mol. The minimum Gasteiger partial charge on any atom is -0.482 e. The maximum absolute atomic E-state index is 6.50. The van der Waals surface area contributed by atoms with Crippen LogP contribution < -0.4 is 4.74 Å². The first-order chi connectivity index (χ1) is 10.2. The van der Waals surface area contributed by atoms with Gasteiger partial charge in [-0.1, -0.05) is 41.9 Å². The van der Waals surface area contributed by atoms with E-state index in [-0.39, 0.29) is 18.0 Å². The van der Waals surface area contributed by atoms with Crippen molar-refractivity contribution in [2.24, 2.45) is 0 Å². The highest BCUT2D eigenvalue weighted by Gasteiger charge is 2.51. The molecule has 2 nitrogen and oxygen atoms in total. The van der Waals surface area contributed by atoms with Gasteiger partial charge < -0.3 is 9.64 Å². The molecule has 0 saturated carbocycles. The van der Waals surface area contributed by atoms with E-state index < -0.39 is 0 Å². The smallest absolute Gasteiger partial charge is 0.143 e. The van der Waals surface area contributed by atoms with Crippen LogP contribution in [-0.2, 0) is 5.60 Å². The number of halogens is 2. The van der Waals surface area contributed by atoms with E-state index in [4.69, 9.17) is 16.3 Å². The van der Waals surface area contributed by atoms with Gasteiger partial charge in [0.2, 0.25) is 0 Å². The molecule has 2 aromatic carbocycles. The summed E-state index contributed by atoms with van der Waals surface area (Å²) in [4.78, 5) is 2.39. The van der Waals surface area contributed by atoms with Crippen molar-refractivity contribution in [3.05, 3.63) is 64.7 Å². The van der Waals surface area contributed by atoms with Crippen LogP contribution in [0.5, 0.6) is 5.75 Å². The quantitative estimate of drug-likeness (QED) is 0.762. The Morgan fingerprint density at radius 2 is 1.86 bits per heavy atom. The summed E-state index contributed by atoms with van der Waals surface area (Å²) in [5.41, 5.74) is 2.33. The van der Waals surface area contributed by atoms with Gasteiger partial charge in [-0.05, 0) is 30.8 Å². The summed E-state index contributed by atoms with van der Waals surface area (Å²) in [6, 6.07) is 16.6. The van der Waals surface area contributed by atoms with E-state index in [0.717, 1.165) is 30.3 Å². The highest BCUT2D eigenvalue weighted by atomic mass is 35.5. The first-order valence-corrected chi connectivity index (χ1v) is 7.79. The highest BCUT2D eigenvalue weighted by molar-refractivity contribution is 6.30. The molecule has 0 unspecified atom stereocenters. The third-order valence-corrected chi connectivity index (χ3v) is 5.09. The first-order valence-electron chi connectivity index (χ1n) is 7.41. The Hall–Kier alpha value is -1.22. The second-order valence-corrected chi connectivity index (χ2v) is 6.54. The summed E-state index contributed by atoms with van der Waals surface area (Å²) in [5, 5.41) is 0.773. The standard InChI is InChI=1S/C18H18ClNO.ClH/c1-20-11-10-18(13-6-8-14(19)9-7-13)16(12-20)15-4-2-3-5-17(15)21-18;/h2-9,16H,10-12H2,1H3;1H/t16-,18+;/m0./s1. The van der Waals surface area contributed by atoms with Gasteiger partial charge in [0.05, 0.1) is 0 Å². The Morgan fingerprint density at radius 1 is 1.14 bits per heavy atom. The summed E-state index contributed by atoms with van der Waals surface area (Å²) in [6.07, 6.45) is 1.00. The van der Waals surface area contributed by atoms with Crippen molar-refractivity contribution < 1.29 is 4.74 Å². The lowest BCUT2D eigenvalue weighted by atomic mass is 9.74. The Kier molecular flexibility index (Phi) is 4.11. The summed E-state index contributed by atoms with van der Waals surface area (Å²) in [6.45, 7) is 2.08. The van der Waals surface area contributed by atoms with Gasteiger partial charge in [-0.25, -0.2) is 0 Å².